The Labute approximate surface area is 111 Å². The van der Waals surface area contributed by atoms with Crippen LogP contribution in [0.5, 0.6) is 0 Å². The van der Waals surface area contributed by atoms with Crippen molar-refractivity contribution in [2.75, 3.05) is 7.11 Å². The summed E-state index contributed by atoms with van der Waals surface area (Å²) in [4.78, 5) is 11.5. The molecule has 0 unspecified atom stereocenters. The van der Waals surface area contributed by atoms with Crippen LogP contribution in [0.4, 0.5) is 0 Å². The lowest BCUT2D eigenvalue weighted by Gasteiger charge is -2.54. The highest BCUT2D eigenvalue weighted by Crippen LogP contribution is 2.58. The van der Waals surface area contributed by atoms with Crippen LogP contribution in [-0.2, 0) is 9.53 Å². The maximum atomic E-state index is 11.5. The SMILES string of the molecule is C=C(C)[C@@H]1CC[C@]1(C)C1CCC(C(=O)OC)CC1. The van der Waals surface area contributed by atoms with Gasteiger partial charge in [0, 0.05) is 0 Å². The number of ether oxygens (including phenoxy) is 1. The normalized spacial score (nSPS) is 39.8. The standard InChI is InChI=1S/C16H26O2/c1-11(2)14-9-10-16(14,3)13-7-5-12(6-8-13)15(17)18-4/h12-14H,1,5-10H2,2-4H3/t12?,13?,14-,16+/m0/s1. The molecule has 0 aliphatic heterocycles. The van der Waals surface area contributed by atoms with E-state index in [0.29, 0.717) is 11.3 Å². The first kappa shape index (κ1) is 13.6. The predicted octanol–water partition coefficient (Wildman–Crippen LogP) is 3.96. The van der Waals surface area contributed by atoms with Gasteiger partial charge in [0.1, 0.15) is 0 Å². The molecule has 0 aromatic rings. The zero-order chi connectivity index (χ0) is 13.3. The molecule has 2 aliphatic rings. The molecule has 0 saturated heterocycles. The summed E-state index contributed by atoms with van der Waals surface area (Å²) in [6, 6.07) is 0. The minimum Gasteiger partial charge on any atom is -0.469 e. The van der Waals surface area contributed by atoms with Crippen molar-refractivity contribution in [3.05, 3.63) is 12.2 Å². The fourth-order valence-electron chi connectivity index (χ4n) is 4.20. The first-order valence-corrected chi connectivity index (χ1v) is 7.22. The molecule has 0 N–H and O–H groups in total. The van der Waals surface area contributed by atoms with Crippen LogP contribution in [0.1, 0.15) is 52.4 Å². The van der Waals surface area contributed by atoms with Crippen LogP contribution in [0.25, 0.3) is 0 Å². The molecule has 0 aromatic carbocycles. The third-order valence-electron chi connectivity index (χ3n) is 5.56. The Morgan fingerprint density at radius 3 is 2.22 bits per heavy atom. The average Bonchev–Trinajstić information content (AvgIpc) is 2.35. The Hall–Kier alpha value is -0.790. The zero-order valence-corrected chi connectivity index (χ0v) is 12.0. The van der Waals surface area contributed by atoms with Crippen LogP contribution in [0.15, 0.2) is 12.2 Å². The van der Waals surface area contributed by atoms with E-state index >= 15 is 0 Å². The third kappa shape index (κ3) is 2.22. The molecule has 0 heterocycles. The van der Waals surface area contributed by atoms with Gasteiger partial charge in [0.2, 0.25) is 0 Å². The van der Waals surface area contributed by atoms with E-state index in [0.717, 1.165) is 18.8 Å². The Morgan fingerprint density at radius 1 is 1.22 bits per heavy atom. The van der Waals surface area contributed by atoms with Crippen LogP contribution >= 0.6 is 0 Å². The number of methoxy groups -OCH3 is 1. The summed E-state index contributed by atoms with van der Waals surface area (Å²) >= 11 is 0. The van der Waals surface area contributed by atoms with Gasteiger partial charge in [-0.3, -0.25) is 4.79 Å². The summed E-state index contributed by atoms with van der Waals surface area (Å²) in [7, 11) is 1.50. The molecule has 2 nitrogen and oxygen atoms in total. The van der Waals surface area contributed by atoms with Crippen molar-refractivity contribution in [3.8, 4) is 0 Å². The molecule has 2 saturated carbocycles. The van der Waals surface area contributed by atoms with E-state index < -0.39 is 0 Å². The van der Waals surface area contributed by atoms with E-state index in [1.165, 1.54) is 38.4 Å². The minimum atomic E-state index is -0.0105. The van der Waals surface area contributed by atoms with Gasteiger partial charge in [-0.1, -0.05) is 19.1 Å². The third-order valence-corrected chi connectivity index (χ3v) is 5.56. The number of hydrogen-bond acceptors (Lipinski definition) is 2. The molecule has 102 valence electrons. The molecule has 0 bridgehead atoms. The topological polar surface area (TPSA) is 26.3 Å². The lowest BCUT2D eigenvalue weighted by molar-refractivity contribution is -0.147. The van der Waals surface area contributed by atoms with E-state index in [2.05, 4.69) is 20.4 Å². The Bertz CT molecular complexity index is 339. The molecule has 0 amide bonds. The minimum absolute atomic E-state index is 0.0105. The van der Waals surface area contributed by atoms with Crippen LogP contribution in [-0.4, -0.2) is 13.1 Å². The van der Waals surface area contributed by atoms with Gasteiger partial charge in [0.25, 0.3) is 0 Å². The largest absolute Gasteiger partial charge is 0.469 e. The van der Waals surface area contributed by atoms with Gasteiger partial charge >= 0.3 is 5.97 Å². The second-order valence-electron chi connectivity index (χ2n) is 6.52. The Kier molecular flexibility index (Phi) is 3.84. The molecule has 2 aliphatic carbocycles. The molecule has 2 fully saturated rings. The number of allylic oxidation sites excluding steroid dienone is 1. The van der Waals surface area contributed by atoms with Crippen molar-refractivity contribution < 1.29 is 9.53 Å². The second kappa shape index (κ2) is 5.07. The van der Waals surface area contributed by atoms with E-state index in [4.69, 9.17) is 4.74 Å². The fraction of sp³-hybridized carbons (Fsp3) is 0.812. The second-order valence-corrected chi connectivity index (χ2v) is 6.52. The van der Waals surface area contributed by atoms with Crippen molar-refractivity contribution in [1.82, 2.24) is 0 Å². The molecular weight excluding hydrogens is 224 g/mol. The number of esters is 1. The smallest absolute Gasteiger partial charge is 0.308 e. The first-order valence-electron chi connectivity index (χ1n) is 7.22. The number of hydrogen-bond donors (Lipinski definition) is 0. The summed E-state index contributed by atoms with van der Waals surface area (Å²) in [5.41, 5.74) is 1.80. The molecular formula is C16H26O2. The van der Waals surface area contributed by atoms with Crippen molar-refractivity contribution in [2.45, 2.75) is 52.4 Å². The van der Waals surface area contributed by atoms with Crippen molar-refractivity contribution in [1.29, 1.82) is 0 Å². The molecule has 0 radical (unpaired) electrons. The molecule has 18 heavy (non-hydrogen) atoms. The maximum absolute atomic E-state index is 11.5. The summed E-state index contributed by atoms with van der Waals surface area (Å²) < 4.78 is 4.86. The van der Waals surface area contributed by atoms with Crippen LogP contribution in [0.3, 0.4) is 0 Å². The van der Waals surface area contributed by atoms with Crippen LogP contribution < -0.4 is 0 Å². The van der Waals surface area contributed by atoms with Crippen molar-refractivity contribution >= 4 is 5.97 Å². The highest BCUT2D eigenvalue weighted by Gasteiger charge is 2.49. The van der Waals surface area contributed by atoms with Gasteiger partial charge in [-0.25, -0.2) is 0 Å². The van der Waals surface area contributed by atoms with Crippen molar-refractivity contribution in [2.24, 2.45) is 23.2 Å². The number of rotatable bonds is 3. The highest BCUT2D eigenvalue weighted by molar-refractivity contribution is 5.72. The Morgan fingerprint density at radius 2 is 1.83 bits per heavy atom. The van der Waals surface area contributed by atoms with Gasteiger partial charge in [0.15, 0.2) is 0 Å². The molecule has 2 rings (SSSR count). The lowest BCUT2D eigenvalue weighted by Crippen LogP contribution is -2.45. The fourth-order valence-corrected chi connectivity index (χ4v) is 4.20. The van der Waals surface area contributed by atoms with Gasteiger partial charge in [0.05, 0.1) is 13.0 Å². The van der Waals surface area contributed by atoms with E-state index in [1.807, 2.05) is 0 Å². The molecule has 2 heteroatoms. The zero-order valence-electron chi connectivity index (χ0n) is 12.0. The van der Waals surface area contributed by atoms with Gasteiger partial charge < -0.3 is 4.74 Å². The van der Waals surface area contributed by atoms with E-state index in [9.17, 15) is 4.79 Å². The van der Waals surface area contributed by atoms with Gasteiger partial charge in [-0.15, -0.1) is 0 Å². The van der Waals surface area contributed by atoms with E-state index in [-0.39, 0.29) is 11.9 Å². The monoisotopic (exact) mass is 250 g/mol. The first-order chi connectivity index (χ1) is 8.49. The lowest BCUT2D eigenvalue weighted by atomic mass is 9.50. The summed E-state index contributed by atoms with van der Waals surface area (Å²) in [6.45, 7) is 8.75. The predicted molar refractivity (Wildman–Crippen MR) is 73.1 cm³/mol. The van der Waals surface area contributed by atoms with E-state index in [1.54, 1.807) is 0 Å². The quantitative estimate of drug-likeness (QED) is 0.560. The molecule has 2 atom stereocenters. The van der Waals surface area contributed by atoms with Crippen LogP contribution in [0, 0.1) is 23.2 Å². The average molecular weight is 250 g/mol. The highest BCUT2D eigenvalue weighted by atomic mass is 16.5. The Balaban J connectivity index is 1.94. The molecule has 0 spiro atoms. The number of carbonyl (C=O) groups is 1. The van der Waals surface area contributed by atoms with Gasteiger partial charge in [-0.2, -0.15) is 0 Å². The summed E-state index contributed by atoms with van der Waals surface area (Å²) in [5.74, 6) is 1.62. The number of carbonyl (C=O) groups excluding carboxylic acids is 1. The summed E-state index contributed by atoms with van der Waals surface area (Å²) in [6.07, 6.45) is 7.02. The van der Waals surface area contributed by atoms with Gasteiger partial charge in [-0.05, 0) is 62.7 Å². The summed E-state index contributed by atoms with van der Waals surface area (Å²) in [5, 5.41) is 0. The van der Waals surface area contributed by atoms with Crippen LogP contribution in [0.2, 0.25) is 0 Å². The maximum Gasteiger partial charge on any atom is 0.308 e. The molecule has 0 aromatic heterocycles. The van der Waals surface area contributed by atoms with Crippen molar-refractivity contribution in [3.63, 3.8) is 0 Å².